The fourth-order valence-electron chi connectivity index (χ4n) is 1.28. The van der Waals surface area contributed by atoms with Gasteiger partial charge in [-0.25, -0.2) is 4.98 Å². The van der Waals surface area contributed by atoms with E-state index in [9.17, 15) is 0 Å². The fourth-order valence-corrected chi connectivity index (χ4v) is 2.14. The zero-order chi connectivity index (χ0) is 11.4. The van der Waals surface area contributed by atoms with Crippen LogP contribution in [0, 0.1) is 12.8 Å². The molecule has 0 fully saturated rings. The van der Waals surface area contributed by atoms with Gasteiger partial charge in [-0.15, -0.1) is 11.3 Å². The van der Waals surface area contributed by atoms with Crippen LogP contribution in [-0.2, 0) is 0 Å². The van der Waals surface area contributed by atoms with E-state index >= 15 is 0 Å². The summed E-state index contributed by atoms with van der Waals surface area (Å²) in [5, 5.41) is 6.93. The second-order valence-electron chi connectivity index (χ2n) is 4.67. The molecule has 3 heteroatoms. The maximum atomic E-state index is 4.51. The van der Waals surface area contributed by atoms with E-state index in [0.29, 0.717) is 17.9 Å². The summed E-state index contributed by atoms with van der Waals surface area (Å²) in [6.07, 6.45) is 0. The molecule has 2 unspecified atom stereocenters. The van der Waals surface area contributed by atoms with Gasteiger partial charge in [0.25, 0.3) is 0 Å². The van der Waals surface area contributed by atoms with Crippen LogP contribution in [0.1, 0.15) is 44.3 Å². The van der Waals surface area contributed by atoms with Crippen LogP contribution in [0.25, 0.3) is 0 Å². The monoisotopic (exact) mass is 226 g/mol. The van der Waals surface area contributed by atoms with E-state index in [1.54, 1.807) is 11.3 Å². The maximum Gasteiger partial charge on any atom is 0.0969 e. The third-order valence-electron chi connectivity index (χ3n) is 2.80. The van der Waals surface area contributed by atoms with E-state index in [4.69, 9.17) is 0 Å². The van der Waals surface area contributed by atoms with Crippen molar-refractivity contribution in [2.75, 3.05) is 6.54 Å². The zero-order valence-electron chi connectivity index (χ0n) is 10.4. The number of hydrogen-bond donors (Lipinski definition) is 1. The molecule has 0 radical (unpaired) electrons. The highest BCUT2D eigenvalue weighted by Gasteiger charge is 2.12. The summed E-state index contributed by atoms with van der Waals surface area (Å²) in [5.74, 6) is 1.21. The molecule has 0 aliphatic carbocycles. The van der Waals surface area contributed by atoms with Gasteiger partial charge in [0, 0.05) is 29.6 Å². The van der Waals surface area contributed by atoms with Gasteiger partial charge in [-0.2, -0.15) is 0 Å². The van der Waals surface area contributed by atoms with Gasteiger partial charge in [0.1, 0.15) is 0 Å². The number of nitrogens with zero attached hydrogens (tertiary/aromatic N) is 1. The molecule has 0 aliphatic heterocycles. The first-order chi connectivity index (χ1) is 7.00. The Kier molecular flexibility index (Phi) is 4.74. The SMILES string of the molecule is Cc1csc(C(C)CNC(C)C(C)C)n1. The first-order valence-electron chi connectivity index (χ1n) is 5.66. The number of nitrogens with one attached hydrogen (secondary N) is 1. The average molecular weight is 226 g/mol. The summed E-state index contributed by atoms with van der Waals surface area (Å²) in [5.41, 5.74) is 1.14. The molecule has 1 heterocycles. The van der Waals surface area contributed by atoms with Crippen LogP contribution in [-0.4, -0.2) is 17.6 Å². The third kappa shape index (κ3) is 3.92. The molecule has 0 bridgehead atoms. The van der Waals surface area contributed by atoms with Crippen molar-refractivity contribution < 1.29 is 0 Å². The lowest BCUT2D eigenvalue weighted by Gasteiger charge is -2.19. The summed E-state index contributed by atoms with van der Waals surface area (Å²) < 4.78 is 0. The van der Waals surface area contributed by atoms with Crippen LogP contribution in [0.5, 0.6) is 0 Å². The normalized spacial score (nSPS) is 15.6. The minimum Gasteiger partial charge on any atom is -0.313 e. The van der Waals surface area contributed by atoms with Crippen molar-refractivity contribution in [2.45, 2.75) is 46.6 Å². The molecule has 0 amide bonds. The lowest BCUT2D eigenvalue weighted by Crippen LogP contribution is -2.33. The van der Waals surface area contributed by atoms with E-state index in [2.05, 4.69) is 50.3 Å². The van der Waals surface area contributed by atoms with Crippen LogP contribution < -0.4 is 5.32 Å². The Morgan fingerprint density at radius 2 is 2.00 bits per heavy atom. The molecule has 0 saturated heterocycles. The average Bonchev–Trinajstić information content (AvgIpc) is 2.60. The summed E-state index contributed by atoms with van der Waals surface area (Å²) in [6.45, 7) is 12.0. The van der Waals surface area contributed by atoms with Crippen molar-refractivity contribution in [3.63, 3.8) is 0 Å². The van der Waals surface area contributed by atoms with Crippen molar-refractivity contribution in [1.82, 2.24) is 10.3 Å². The highest BCUT2D eigenvalue weighted by Crippen LogP contribution is 2.19. The van der Waals surface area contributed by atoms with Crippen molar-refractivity contribution in [2.24, 2.45) is 5.92 Å². The van der Waals surface area contributed by atoms with Gasteiger partial charge in [0.2, 0.25) is 0 Å². The molecular weight excluding hydrogens is 204 g/mol. The van der Waals surface area contributed by atoms with Gasteiger partial charge >= 0.3 is 0 Å². The zero-order valence-corrected chi connectivity index (χ0v) is 11.2. The largest absolute Gasteiger partial charge is 0.313 e. The van der Waals surface area contributed by atoms with E-state index < -0.39 is 0 Å². The van der Waals surface area contributed by atoms with Crippen LogP contribution in [0.2, 0.25) is 0 Å². The molecule has 0 spiro atoms. The summed E-state index contributed by atoms with van der Waals surface area (Å²) in [7, 11) is 0. The first-order valence-corrected chi connectivity index (χ1v) is 6.54. The smallest absolute Gasteiger partial charge is 0.0969 e. The first kappa shape index (κ1) is 12.7. The molecule has 0 aliphatic rings. The molecule has 86 valence electrons. The van der Waals surface area contributed by atoms with Crippen LogP contribution in [0.3, 0.4) is 0 Å². The number of thiazole rings is 1. The van der Waals surface area contributed by atoms with Crippen molar-refractivity contribution >= 4 is 11.3 Å². The summed E-state index contributed by atoms with van der Waals surface area (Å²) in [4.78, 5) is 4.51. The minimum atomic E-state index is 0.518. The van der Waals surface area contributed by atoms with Gasteiger partial charge < -0.3 is 5.32 Å². The quantitative estimate of drug-likeness (QED) is 0.834. The molecule has 1 aromatic rings. The van der Waals surface area contributed by atoms with Crippen LogP contribution in [0.4, 0.5) is 0 Å². The van der Waals surface area contributed by atoms with E-state index in [0.717, 1.165) is 12.2 Å². The maximum absolute atomic E-state index is 4.51. The molecule has 2 nitrogen and oxygen atoms in total. The van der Waals surface area contributed by atoms with E-state index in [1.165, 1.54) is 5.01 Å². The Bertz CT molecular complexity index is 294. The number of hydrogen-bond acceptors (Lipinski definition) is 3. The van der Waals surface area contributed by atoms with Crippen LogP contribution >= 0.6 is 11.3 Å². The van der Waals surface area contributed by atoms with Gasteiger partial charge in [-0.3, -0.25) is 0 Å². The van der Waals surface area contributed by atoms with Gasteiger partial charge in [0.15, 0.2) is 0 Å². The van der Waals surface area contributed by atoms with Gasteiger partial charge in [-0.05, 0) is 19.8 Å². The van der Waals surface area contributed by atoms with E-state index in [-0.39, 0.29) is 0 Å². The Hall–Kier alpha value is -0.410. The highest BCUT2D eigenvalue weighted by molar-refractivity contribution is 7.09. The molecule has 1 N–H and O–H groups in total. The van der Waals surface area contributed by atoms with Crippen molar-refractivity contribution in [1.29, 1.82) is 0 Å². The number of aryl methyl sites for hydroxylation is 1. The Morgan fingerprint density at radius 1 is 1.33 bits per heavy atom. The van der Waals surface area contributed by atoms with Crippen molar-refractivity contribution in [3.05, 3.63) is 16.1 Å². The summed E-state index contributed by atoms with van der Waals surface area (Å²) >= 11 is 1.77. The predicted molar refractivity (Wildman–Crippen MR) is 67.6 cm³/mol. The Labute approximate surface area is 97.1 Å². The molecule has 1 aromatic heterocycles. The number of rotatable bonds is 5. The minimum absolute atomic E-state index is 0.518. The standard InChI is InChI=1S/C12H22N2S/c1-8(2)11(5)13-6-9(3)12-14-10(4)7-15-12/h7-9,11,13H,6H2,1-5H3. The molecular formula is C12H22N2S. The molecule has 15 heavy (non-hydrogen) atoms. The van der Waals surface area contributed by atoms with Gasteiger partial charge in [0.05, 0.1) is 5.01 Å². The third-order valence-corrected chi connectivity index (χ3v) is 4.00. The molecule has 0 saturated carbocycles. The fraction of sp³-hybridized carbons (Fsp3) is 0.750. The molecule has 1 rings (SSSR count). The highest BCUT2D eigenvalue weighted by atomic mass is 32.1. The summed E-state index contributed by atoms with van der Waals surface area (Å²) in [6, 6.07) is 0.577. The molecule has 0 aromatic carbocycles. The predicted octanol–water partition coefficient (Wildman–Crippen LogP) is 3.19. The second-order valence-corrected chi connectivity index (χ2v) is 5.56. The number of aromatic nitrogens is 1. The van der Waals surface area contributed by atoms with Crippen molar-refractivity contribution in [3.8, 4) is 0 Å². The lowest BCUT2D eigenvalue weighted by atomic mass is 10.1. The second kappa shape index (κ2) is 5.61. The van der Waals surface area contributed by atoms with E-state index in [1.807, 2.05) is 0 Å². The van der Waals surface area contributed by atoms with Crippen LogP contribution in [0.15, 0.2) is 5.38 Å². The Balaban J connectivity index is 2.39. The lowest BCUT2D eigenvalue weighted by molar-refractivity contribution is 0.416. The molecule has 2 atom stereocenters. The Morgan fingerprint density at radius 3 is 2.47 bits per heavy atom. The van der Waals surface area contributed by atoms with Gasteiger partial charge in [-0.1, -0.05) is 20.8 Å². The topological polar surface area (TPSA) is 24.9 Å².